The van der Waals surface area contributed by atoms with Crippen LogP contribution in [0.1, 0.15) is 55.8 Å². The minimum atomic E-state index is -0.754. The molecule has 2 amide bonds. The second-order valence-electron chi connectivity index (χ2n) is 12.1. The Balaban J connectivity index is 0.972. The summed E-state index contributed by atoms with van der Waals surface area (Å²) in [5.74, 6) is 0.239. The SMILES string of the molecule is COc1cc(C2OCCO2)c(OCc2cn3cccc(C(=O)N(C)Oc4cc(C5OCCO5)c(OCc5cn6cccc(C(N)=O)c6n5)cn4)c3n2)cn1. The lowest BCUT2D eigenvalue weighted by Crippen LogP contribution is -2.31. The van der Waals surface area contributed by atoms with Crippen LogP contribution in [0.3, 0.4) is 0 Å². The number of hydrogen-bond acceptors (Lipinski definition) is 14. The zero-order valence-corrected chi connectivity index (χ0v) is 29.1. The zero-order chi connectivity index (χ0) is 37.2. The number of pyridine rings is 4. The number of amides is 2. The van der Waals surface area contributed by atoms with E-state index in [1.54, 1.807) is 76.2 Å². The maximum atomic E-state index is 13.7. The highest BCUT2D eigenvalue weighted by atomic mass is 16.7. The minimum absolute atomic E-state index is 0.0444. The first kappa shape index (κ1) is 34.7. The van der Waals surface area contributed by atoms with Crippen molar-refractivity contribution in [3.63, 3.8) is 0 Å². The van der Waals surface area contributed by atoms with E-state index in [1.807, 2.05) is 0 Å². The highest BCUT2D eigenvalue weighted by Crippen LogP contribution is 2.35. The molecule has 0 saturated carbocycles. The van der Waals surface area contributed by atoms with E-state index in [1.165, 1.54) is 20.4 Å². The molecule has 2 N–H and O–H groups in total. The van der Waals surface area contributed by atoms with Crippen LogP contribution < -0.4 is 24.8 Å². The Kier molecular flexibility index (Phi) is 9.62. The summed E-state index contributed by atoms with van der Waals surface area (Å²) in [4.78, 5) is 49.3. The first-order valence-electron chi connectivity index (χ1n) is 16.8. The number of fused-ring (bicyclic) bond motifs is 2. The Labute approximate surface area is 306 Å². The fourth-order valence-corrected chi connectivity index (χ4v) is 6.00. The molecule has 2 aliphatic heterocycles. The van der Waals surface area contributed by atoms with Crippen LogP contribution in [0.15, 0.2) is 73.6 Å². The molecular weight excluding hydrogens is 704 g/mol. The van der Waals surface area contributed by atoms with Gasteiger partial charge in [0.2, 0.25) is 11.8 Å². The van der Waals surface area contributed by atoms with E-state index in [4.69, 9.17) is 43.7 Å². The average molecular weight is 739 g/mol. The average Bonchev–Trinajstić information content (AvgIpc) is 4.03. The summed E-state index contributed by atoms with van der Waals surface area (Å²) in [7, 11) is 3.00. The molecule has 2 saturated heterocycles. The van der Waals surface area contributed by atoms with E-state index < -0.39 is 24.4 Å². The van der Waals surface area contributed by atoms with Crippen LogP contribution in [-0.4, -0.2) is 86.2 Å². The lowest BCUT2D eigenvalue weighted by molar-refractivity contribution is -0.0472. The van der Waals surface area contributed by atoms with Gasteiger partial charge in [0.05, 0.1) is 79.6 Å². The number of hydroxylamine groups is 2. The van der Waals surface area contributed by atoms with Crippen molar-refractivity contribution >= 4 is 23.1 Å². The lowest BCUT2D eigenvalue weighted by Gasteiger charge is -2.19. The zero-order valence-electron chi connectivity index (χ0n) is 29.1. The quantitative estimate of drug-likeness (QED) is 0.170. The molecule has 8 heterocycles. The van der Waals surface area contributed by atoms with Crippen LogP contribution in [0.4, 0.5) is 0 Å². The van der Waals surface area contributed by atoms with E-state index in [-0.39, 0.29) is 24.7 Å². The second kappa shape index (κ2) is 15.0. The van der Waals surface area contributed by atoms with Gasteiger partial charge in [0, 0.05) is 44.0 Å². The smallest absolute Gasteiger partial charge is 0.290 e. The van der Waals surface area contributed by atoms with Crippen molar-refractivity contribution in [1.82, 2.24) is 33.8 Å². The van der Waals surface area contributed by atoms with Gasteiger partial charge in [0.15, 0.2) is 12.6 Å². The molecule has 6 aromatic rings. The number of carbonyl (C=O) groups excluding carboxylic acids is 2. The van der Waals surface area contributed by atoms with Gasteiger partial charge in [-0.15, -0.1) is 0 Å². The summed E-state index contributed by atoms with van der Waals surface area (Å²) in [6.07, 6.45) is 8.68. The van der Waals surface area contributed by atoms with Gasteiger partial charge in [0.1, 0.15) is 36.0 Å². The van der Waals surface area contributed by atoms with Crippen molar-refractivity contribution in [2.24, 2.45) is 5.73 Å². The highest BCUT2D eigenvalue weighted by molar-refractivity contribution is 5.99. The molecule has 0 radical (unpaired) electrons. The number of nitrogens with two attached hydrogens (primary N) is 1. The molecule has 0 aliphatic carbocycles. The fraction of sp³-hybridized carbons (Fsp3) is 0.278. The number of hydrogen-bond donors (Lipinski definition) is 1. The summed E-state index contributed by atoms with van der Waals surface area (Å²) >= 11 is 0. The molecule has 8 rings (SSSR count). The highest BCUT2D eigenvalue weighted by Gasteiger charge is 2.27. The van der Waals surface area contributed by atoms with E-state index in [9.17, 15) is 9.59 Å². The van der Waals surface area contributed by atoms with Gasteiger partial charge >= 0.3 is 0 Å². The molecule has 6 aromatic heterocycles. The topological polar surface area (TPSA) is 198 Å². The molecule has 0 unspecified atom stereocenters. The number of primary amides is 1. The summed E-state index contributed by atoms with van der Waals surface area (Å²) in [5.41, 5.74) is 9.15. The Hall–Kier alpha value is -6.34. The van der Waals surface area contributed by atoms with Crippen molar-refractivity contribution in [2.45, 2.75) is 25.8 Å². The fourth-order valence-electron chi connectivity index (χ4n) is 6.00. The third-order valence-electron chi connectivity index (χ3n) is 8.53. The first-order valence-corrected chi connectivity index (χ1v) is 16.8. The maximum absolute atomic E-state index is 13.7. The number of ether oxygens (including phenoxy) is 7. The molecule has 2 fully saturated rings. The Morgan fingerprint density at radius 1 is 0.796 bits per heavy atom. The van der Waals surface area contributed by atoms with Gasteiger partial charge in [-0.25, -0.2) is 19.9 Å². The largest absolute Gasteiger partial charge is 0.485 e. The second-order valence-corrected chi connectivity index (χ2v) is 12.1. The van der Waals surface area contributed by atoms with Crippen LogP contribution in [0.2, 0.25) is 0 Å². The van der Waals surface area contributed by atoms with Crippen molar-refractivity contribution in [3.8, 4) is 23.3 Å². The molecule has 0 atom stereocenters. The third-order valence-corrected chi connectivity index (χ3v) is 8.53. The minimum Gasteiger partial charge on any atom is -0.485 e. The predicted octanol–water partition coefficient (Wildman–Crippen LogP) is 3.19. The number of nitrogens with zero attached hydrogens (tertiary/aromatic N) is 7. The van der Waals surface area contributed by atoms with Crippen molar-refractivity contribution in [1.29, 1.82) is 0 Å². The first-order chi connectivity index (χ1) is 26.3. The molecule has 0 spiro atoms. The molecule has 0 aromatic carbocycles. The van der Waals surface area contributed by atoms with Crippen LogP contribution in [0, 0.1) is 0 Å². The van der Waals surface area contributed by atoms with Crippen molar-refractivity contribution in [3.05, 3.63) is 107 Å². The van der Waals surface area contributed by atoms with Crippen LogP contribution in [0.5, 0.6) is 23.3 Å². The van der Waals surface area contributed by atoms with Crippen LogP contribution in [-0.2, 0) is 32.2 Å². The third kappa shape index (κ3) is 7.05. The Morgan fingerprint density at radius 3 is 1.83 bits per heavy atom. The number of imidazole rings is 2. The molecule has 278 valence electrons. The van der Waals surface area contributed by atoms with Gasteiger partial charge in [-0.2, -0.15) is 5.06 Å². The van der Waals surface area contributed by atoms with Gasteiger partial charge in [-0.1, -0.05) is 0 Å². The normalized spacial score (nSPS) is 14.9. The lowest BCUT2D eigenvalue weighted by atomic mass is 10.2. The Morgan fingerprint density at radius 2 is 1.30 bits per heavy atom. The molecule has 18 nitrogen and oxygen atoms in total. The molecule has 18 heteroatoms. The summed E-state index contributed by atoms with van der Waals surface area (Å²) < 4.78 is 43.7. The van der Waals surface area contributed by atoms with Gasteiger partial charge in [-0.3, -0.25) is 9.59 Å². The van der Waals surface area contributed by atoms with E-state index in [2.05, 4.69) is 19.9 Å². The van der Waals surface area contributed by atoms with E-state index in [0.717, 1.165) is 5.06 Å². The standard InChI is InChI=1S/C36H34N8O10/c1-42(34(46)24-6-4-8-44-18-22(41-33(24)44)20-52-27-15-38-29(47-2)13-25(27)35-48-9-10-49-35)54-30-14-26(36-50-11-12-51-36)28(16-39-30)53-19-21-17-43-7-3-5-23(31(37)45)32(43)40-21/h3-8,13-18,35-36H,9-12,19-20H2,1-2H3,(H2,37,45). The Bertz CT molecular complexity index is 2330. The number of carbonyl (C=O) groups is 2. The molecule has 2 aliphatic rings. The van der Waals surface area contributed by atoms with Crippen molar-refractivity contribution in [2.75, 3.05) is 40.6 Å². The number of methoxy groups -OCH3 is 1. The maximum Gasteiger partial charge on any atom is 0.290 e. The van der Waals surface area contributed by atoms with Gasteiger partial charge in [0.25, 0.3) is 11.8 Å². The molecular formula is C36H34N8O10. The number of rotatable bonds is 13. The summed E-state index contributed by atoms with van der Waals surface area (Å²) in [6, 6.07) is 9.99. The summed E-state index contributed by atoms with van der Waals surface area (Å²) in [6.45, 7) is 1.81. The molecule has 54 heavy (non-hydrogen) atoms. The van der Waals surface area contributed by atoms with E-state index in [0.29, 0.717) is 83.2 Å². The molecule has 0 bridgehead atoms. The van der Waals surface area contributed by atoms with E-state index >= 15 is 0 Å². The summed E-state index contributed by atoms with van der Waals surface area (Å²) in [5, 5.41) is 1.06. The van der Waals surface area contributed by atoms with Crippen LogP contribution >= 0.6 is 0 Å². The van der Waals surface area contributed by atoms with Gasteiger partial charge < -0.3 is 52.5 Å². The van der Waals surface area contributed by atoms with Gasteiger partial charge in [-0.05, 0) is 24.3 Å². The number of aromatic nitrogens is 6. The predicted molar refractivity (Wildman–Crippen MR) is 185 cm³/mol. The monoisotopic (exact) mass is 738 g/mol. The van der Waals surface area contributed by atoms with Crippen LogP contribution in [0.25, 0.3) is 11.3 Å². The van der Waals surface area contributed by atoms with Crippen molar-refractivity contribution < 1.29 is 47.6 Å².